The molecule has 2 fully saturated rings. The first-order valence-electron chi connectivity index (χ1n) is 7.82. The van der Waals surface area contributed by atoms with E-state index in [4.69, 9.17) is 0 Å². The molecule has 0 bridgehead atoms. The van der Waals surface area contributed by atoms with Gasteiger partial charge in [-0.2, -0.15) is 0 Å². The highest BCUT2D eigenvalue weighted by Gasteiger charge is 2.47. The SMILES string of the molecule is CCC1CCCCCN1C(=O)N1CCCC1(C)C(=O)O. The number of carboxylic acids is 1. The van der Waals surface area contributed by atoms with Gasteiger partial charge in [0.25, 0.3) is 0 Å². The van der Waals surface area contributed by atoms with Crippen LogP contribution in [0.2, 0.25) is 0 Å². The maximum absolute atomic E-state index is 12.8. The monoisotopic (exact) mass is 282 g/mol. The number of aliphatic carboxylic acids is 1. The van der Waals surface area contributed by atoms with Crippen molar-refractivity contribution in [3.63, 3.8) is 0 Å². The number of urea groups is 1. The Morgan fingerprint density at radius 1 is 1.20 bits per heavy atom. The molecule has 0 aromatic rings. The highest BCUT2D eigenvalue weighted by Crippen LogP contribution is 2.32. The van der Waals surface area contributed by atoms with Gasteiger partial charge in [-0.3, -0.25) is 0 Å². The molecule has 20 heavy (non-hydrogen) atoms. The summed E-state index contributed by atoms with van der Waals surface area (Å²) >= 11 is 0. The number of amides is 2. The summed E-state index contributed by atoms with van der Waals surface area (Å²) < 4.78 is 0. The number of hydrogen-bond acceptors (Lipinski definition) is 2. The first-order valence-corrected chi connectivity index (χ1v) is 7.82. The molecular weight excluding hydrogens is 256 g/mol. The Hall–Kier alpha value is -1.26. The highest BCUT2D eigenvalue weighted by atomic mass is 16.4. The van der Waals surface area contributed by atoms with E-state index in [-0.39, 0.29) is 12.1 Å². The average Bonchev–Trinajstić information content (AvgIpc) is 2.68. The normalized spacial score (nSPS) is 31.2. The van der Waals surface area contributed by atoms with Crippen molar-refractivity contribution in [3.05, 3.63) is 0 Å². The maximum atomic E-state index is 12.8. The van der Waals surface area contributed by atoms with Crippen molar-refractivity contribution >= 4 is 12.0 Å². The molecule has 114 valence electrons. The quantitative estimate of drug-likeness (QED) is 0.847. The Balaban J connectivity index is 2.18. The third kappa shape index (κ3) is 2.63. The van der Waals surface area contributed by atoms with Crippen molar-refractivity contribution in [1.29, 1.82) is 0 Å². The topological polar surface area (TPSA) is 60.9 Å². The van der Waals surface area contributed by atoms with Crippen molar-refractivity contribution in [2.45, 2.75) is 70.4 Å². The minimum absolute atomic E-state index is 0.0684. The zero-order chi connectivity index (χ0) is 14.8. The van der Waals surface area contributed by atoms with Gasteiger partial charge in [0.2, 0.25) is 0 Å². The lowest BCUT2D eigenvalue weighted by Crippen LogP contribution is -2.56. The second-order valence-corrected chi connectivity index (χ2v) is 6.22. The lowest BCUT2D eigenvalue weighted by Gasteiger charge is -2.38. The summed E-state index contributed by atoms with van der Waals surface area (Å²) in [7, 11) is 0. The Labute approximate surface area is 120 Å². The molecule has 0 aromatic carbocycles. The molecule has 2 heterocycles. The molecule has 2 unspecified atom stereocenters. The maximum Gasteiger partial charge on any atom is 0.329 e. The van der Waals surface area contributed by atoms with Crippen molar-refractivity contribution < 1.29 is 14.7 Å². The largest absolute Gasteiger partial charge is 0.480 e. The molecule has 0 spiro atoms. The molecule has 2 aliphatic heterocycles. The summed E-state index contributed by atoms with van der Waals surface area (Å²) in [6.45, 7) is 5.12. The summed E-state index contributed by atoms with van der Waals surface area (Å²) in [5.41, 5.74) is -1.03. The van der Waals surface area contributed by atoms with Gasteiger partial charge in [-0.25, -0.2) is 9.59 Å². The number of rotatable bonds is 2. The van der Waals surface area contributed by atoms with Crippen LogP contribution in [0.15, 0.2) is 0 Å². The summed E-state index contributed by atoms with van der Waals surface area (Å²) in [5, 5.41) is 9.46. The average molecular weight is 282 g/mol. The van der Waals surface area contributed by atoms with Gasteiger partial charge in [-0.05, 0) is 39.0 Å². The molecule has 2 atom stereocenters. The third-order valence-corrected chi connectivity index (χ3v) is 4.93. The van der Waals surface area contributed by atoms with Crippen LogP contribution in [-0.4, -0.2) is 51.6 Å². The molecule has 0 saturated carbocycles. The van der Waals surface area contributed by atoms with Gasteiger partial charge in [0.1, 0.15) is 5.54 Å². The predicted octanol–water partition coefficient (Wildman–Crippen LogP) is 2.70. The predicted molar refractivity (Wildman–Crippen MR) is 76.6 cm³/mol. The van der Waals surface area contributed by atoms with Crippen LogP contribution in [-0.2, 0) is 4.79 Å². The van der Waals surface area contributed by atoms with Gasteiger partial charge >= 0.3 is 12.0 Å². The Bertz CT molecular complexity index is 385. The van der Waals surface area contributed by atoms with Crippen LogP contribution in [0.5, 0.6) is 0 Å². The highest BCUT2D eigenvalue weighted by molar-refractivity contribution is 5.86. The zero-order valence-corrected chi connectivity index (χ0v) is 12.6. The van der Waals surface area contributed by atoms with Crippen LogP contribution in [0.4, 0.5) is 4.79 Å². The molecule has 5 nitrogen and oxygen atoms in total. The van der Waals surface area contributed by atoms with Crippen molar-refractivity contribution in [2.75, 3.05) is 13.1 Å². The molecule has 1 N–H and O–H groups in total. The minimum Gasteiger partial charge on any atom is -0.480 e. The molecular formula is C15H26N2O3. The number of carbonyl (C=O) groups excluding carboxylic acids is 1. The lowest BCUT2D eigenvalue weighted by atomic mass is 9.99. The first-order chi connectivity index (χ1) is 9.50. The van der Waals surface area contributed by atoms with Gasteiger partial charge in [0, 0.05) is 19.1 Å². The number of hydrogen-bond donors (Lipinski definition) is 1. The summed E-state index contributed by atoms with van der Waals surface area (Å²) in [6, 6.07) is 0.199. The van der Waals surface area contributed by atoms with Crippen LogP contribution in [0.3, 0.4) is 0 Å². The van der Waals surface area contributed by atoms with Crippen LogP contribution in [0.1, 0.15) is 58.8 Å². The van der Waals surface area contributed by atoms with Gasteiger partial charge in [-0.1, -0.05) is 19.8 Å². The Morgan fingerprint density at radius 3 is 2.60 bits per heavy atom. The molecule has 0 radical (unpaired) electrons. The smallest absolute Gasteiger partial charge is 0.329 e. The fourth-order valence-electron chi connectivity index (χ4n) is 3.50. The minimum atomic E-state index is -1.03. The first kappa shape index (κ1) is 15.1. The van der Waals surface area contributed by atoms with E-state index in [1.807, 2.05) is 4.90 Å². The van der Waals surface area contributed by atoms with Crippen LogP contribution in [0.25, 0.3) is 0 Å². The van der Waals surface area contributed by atoms with Gasteiger partial charge < -0.3 is 14.9 Å². The fourth-order valence-corrected chi connectivity index (χ4v) is 3.50. The van der Waals surface area contributed by atoms with E-state index in [0.29, 0.717) is 13.0 Å². The number of likely N-dealkylation sites (tertiary alicyclic amines) is 2. The number of nitrogens with zero attached hydrogens (tertiary/aromatic N) is 2. The molecule has 5 heteroatoms. The van der Waals surface area contributed by atoms with Crippen molar-refractivity contribution in [1.82, 2.24) is 9.80 Å². The van der Waals surface area contributed by atoms with E-state index in [2.05, 4.69) is 6.92 Å². The molecule has 2 rings (SSSR count). The van der Waals surface area contributed by atoms with E-state index in [0.717, 1.165) is 38.6 Å². The number of carboxylic acid groups (broad SMARTS) is 1. The second kappa shape index (κ2) is 6.02. The van der Waals surface area contributed by atoms with Crippen LogP contribution in [0, 0.1) is 0 Å². The number of carbonyl (C=O) groups is 2. The molecule has 0 aromatic heterocycles. The zero-order valence-electron chi connectivity index (χ0n) is 12.6. The van der Waals surface area contributed by atoms with Crippen molar-refractivity contribution in [3.8, 4) is 0 Å². The molecule has 2 saturated heterocycles. The van der Waals surface area contributed by atoms with E-state index >= 15 is 0 Å². The molecule has 2 amide bonds. The standard InChI is InChI=1S/C15H26N2O3/c1-3-12-8-5-4-6-10-16(12)14(20)17-11-7-9-15(17,2)13(18)19/h12H,3-11H2,1-2H3,(H,18,19). The van der Waals surface area contributed by atoms with Crippen LogP contribution >= 0.6 is 0 Å². The van der Waals surface area contributed by atoms with Gasteiger partial charge in [-0.15, -0.1) is 0 Å². The fraction of sp³-hybridized carbons (Fsp3) is 0.867. The lowest BCUT2D eigenvalue weighted by molar-refractivity contribution is -0.147. The van der Waals surface area contributed by atoms with E-state index in [1.54, 1.807) is 11.8 Å². The third-order valence-electron chi connectivity index (χ3n) is 4.93. The summed E-state index contributed by atoms with van der Waals surface area (Å²) in [6.07, 6.45) is 6.68. The Kier molecular flexibility index (Phi) is 4.55. The van der Waals surface area contributed by atoms with Crippen LogP contribution < -0.4 is 0 Å². The van der Waals surface area contributed by atoms with Gasteiger partial charge in [0.15, 0.2) is 0 Å². The van der Waals surface area contributed by atoms with Gasteiger partial charge in [0.05, 0.1) is 0 Å². The summed E-state index contributed by atoms with van der Waals surface area (Å²) in [5.74, 6) is -0.883. The van der Waals surface area contributed by atoms with Crippen molar-refractivity contribution in [2.24, 2.45) is 0 Å². The van der Waals surface area contributed by atoms with E-state index < -0.39 is 11.5 Å². The Morgan fingerprint density at radius 2 is 1.95 bits per heavy atom. The second-order valence-electron chi connectivity index (χ2n) is 6.22. The molecule has 0 aliphatic carbocycles. The summed E-state index contributed by atoms with van der Waals surface area (Å²) in [4.78, 5) is 27.9. The molecule has 2 aliphatic rings. The van der Waals surface area contributed by atoms with E-state index in [1.165, 1.54) is 6.42 Å². The van der Waals surface area contributed by atoms with E-state index in [9.17, 15) is 14.7 Å².